The maximum absolute atomic E-state index is 10.7. The molecule has 25 heavy (non-hydrogen) atoms. The van der Waals surface area contributed by atoms with Crippen molar-refractivity contribution >= 4 is 11.9 Å². The quantitative estimate of drug-likeness (QED) is 0.613. The van der Waals surface area contributed by atoms with Gasteiger partial charge in [0.2, 0.25) is 5.95 Å². The lowest BCUT2D eigenvalue weighted by molar-refractivity contribution is -0.119. The van der Waals surface area contributed by atoms with E-state index >= 15 is 0 Å². The number of benzene rings is 2. The third-order valence-electron chi connectivity index (χ3n) is 3.57. The van der Waals surface area contributed by atoms with Crippen LogP contribution in [0.4, 0.5) is 5.95 Å². The molecule has 7 heteroatoms. The highest BCUT2D eigenvalue weighted by Gasteiger charge is 2.05. The number of nitrogens with one attached hydrogen (secondary N) is 2. The molecule has 128 valence electrons. The lowest BCUT2D eigenvalue weighted by atomic mass is 10.1. The van der Waals surface area contributed by atoms with Crippen molar-refractivity contribution in [2.75, 3.05) is 11.9 Å². The van der Waals surface area contributed by atoms with Gasteiger partial charge in [0.15, 0.2) is 12.4 Å². The van der Waals surface area contributed by atoms with Crippen LogP contribution in [0.25, 0.3) is 11.4 Å². The smallest absolute Gasteiger partial charge is 0.255 e. The SMILES string of the molecule is Cc1ccc(-c2nc(NCc3ccc(OCC(N)=O)cc3)n[nH]2)cc1. The summed E-state index contributed by atoms with van der Waals surface area (Å²) >= 11 is 0. The van der Waals surface area contributed by atoms with Crippen molar-refractivity contribution in [3.63, 3.8) is 0 Å². The molecular weight excluding hydrogens is 318 g/mol. The molecule has 0 bridgehead atoms. The summed E-state index contributed by atoms with van der Waals surface area (Å²) in [5, 5.41) is 10.3. The Morgan fingerprint density at radius 3 is 2.56 bits per heavy atom. The summed E-state index contributed by atoms with van der Waals surface area (Å²) < 4.78 is 5.22. The number of ether oxygens (including phenoxy) is 1. The Labute approximate surface area is 145 Å². The van der Waals surface area contributed by atoms with E-state index in [2.05, 4.69) is 20.5 Å². The van der Waals surface area contributed by atoms with Gasteiger partial charge in [0, 0.05) is 12.1 Å². The monoisotopic (exact) mass is 337 g/mol. The maximum atomic E-state index is 10.7. The fourth-order valence-electron chi connectivity index (χ4n) is 2.22. The number of aromatic amines is 1. The van der Waals surface area contributed by atoms with Crippen LogP contribution >= 0.6 is 0 Å². The Balaban J connectivity index is 1.57. The Hall–Kier alpha value is -3.35. The molecule has 0 aliphatic rings. The van der Waals surface area contributed by atoms with Gasteiger partial charge in [-0.25, -0.2) is 0 Å². The molecule has 3 aromatic rings. The first-order valence-corrected chi connectivity index (χ1v) is 7.83. The summed E-state index contributed by atoms with van der Waals surface area (Å²) in [4.78, 5) is 15.1. The number of carbonyl (C=O) groups is 1. The first-order valence-electron chi connectivity index (χ1n) is 7.83. The lowest BCUT2D eigenvalue weighted by Crippen LogP contribution is -2.19. The van der Waals surface area contributed by atoms with E-state index in [-0.39, 0.29) is 6.61 Å². The van der Waals surface area contributed by atoms with Crippen molar-refractivity contribution in [2.45, 2.75) is 13.5 Å². The standard InChI is InChI=1S/C18H19N5O2/c1-12-2-6-14(7-3-12)17-21-18(23-22-17)20-10-13-4-8-15(9-5-13)25-11-16(19)24/h2-9H,10-11H2,1H3,(H2,19,24)(H2,20,21,22,23). The summed E-state index contributed by atoms with van der Waals surface area (Å²) in [6.07, 6.45) is 0. The van der Waals surface area contributed by atoms with E-state index in [1.165, 1.54) is 5.56 Å². The summed E-state index contributed by atoms with van der Waals surface area (Å²) in [7, 11) is 0. The second kappa shape index (κ2) is 7.48. The molecule has 0 unspecified atom stereocenters. The maximum Gasteiger partial charge on any atom is 0.255 e. The van der Waals surface area contributed by atoms with Crippen molar-refractivity contribution in [1.82, 2.24) is 15.2 Å². The highest BCUT2D eigenvalue weighted by molar-refractivity contribution is 5.75. The van der Waals surface area contributed by atoms with Crippen molar-refractivity contribution in [3.05, 3.63) is 59.7 Å². The van der Waals surface area contributed by atoms with E-state index < -0.39 is 5.91 Å². The highest BCUT2D eigenvalue weighted by Crippen LogP contribution is 2.17. The number of anilines is 1. The van der Waals surface area contributed by atoms with Gasteiger partial charge in [0.1, 0.15) is 5.75 Å². The molecule has 1 aromatic heterocycles. The van der Waals surface area contributed by atoms with Gasteiger partial charge in [0.05, 0.1) is 0 Å². The Morgan fingerprint density at radius 1 is 1.16 bits per heavy atom. The minimum atomic E-state index is -0.500. The normalized spacial score (nSPS) is 10.4. The molecule has 7 nitrogen and oxygen atoms in total. The number of primary amides is 1. The summed E-state index contributed by atoms with van der Waals surface area (Å²) in [6, 6.07) is 15.5. The molecule has 3 rings (SSSR count). The van der Waals surface area contributed by atoms with E-state index in [0.717, 1.165) is 17.0 Å². The van der Waals surface area contributed by atoms with Crippen molar-refractivity contribution in [3.8, 4) is 17.1 Å². The molecular formula is C18H19N5O2. The third kappa shape index (κ3) is 4.57. The van der Waals surface area contributed by atoms with Gasteiger partial charge in [-0.05, 0) is 24.6 Å². The summed E-state index contributed by atoms with van der Waals surface area (Å²) in [6.45, 7) is 2.49. The molecule has 0 radical (unpaired) electrons. The summed E-state index contributed by atoms with van der Waals surface area (Å²) in [5.41, 5.74) is 8.27. The van der Waals surface area contributed by atoms with Gasteiger partial charge in [-0.3, -0.25) is 9.89 Å². The predicted octanol–water partition coefficient (Wildman–Crippen LogP) is 2.26. The third-order valence-corrected chi connectivity index (χ3v) is 3.57. The first kappa shape index (κ1) is 16.5. The van der Waals surface area contributed by atoms with Crippen LogP contribution in [-0.2, 0) is 11.3 Å². The van der Waals surface area contributed by atoms with Gasteiger partial charge in [-0.1, -0.05) is 42.0 Å². The lowest BCUT2D eigenvalue weighted by Gasteiger charge is -2.05. The van der Waals surface area contributed by atoms with E-state index in [0.29, 0.717) is 18.2 Å². The van der Waals surface area contributed by atoms with E-state index in [9.17, 15) is 4.79 Å². The summed E-state index contributed by atoms with van der Waals surface area (Å²) in [5.74, 6) is 1.35. The van der Waals surface area contributed by atoms with Crippen LogP contribution in [0.5, 0.6) is 5.75 Å². The predicted molar refractivity (Wildman–Crippen MR) is 95.0 cm³/mol. The van der Waals surface area contributed by atoms with Gasteiger partial charge < -0.3 is 15.8 Å². The van der Waals surface area contributed by atoms with E-state index in [1.54, 1.807) is 12.1 Å². The molecule has 0 saturated carbocycles. The van der Waals surface area contributed by atoms with Gasteiger partial charge in [0.25, 0.3) is 5.91 Å². The second-order valence-corrected chi connectivity index (χ2v) is 5.63. The van der Waals surface area contributed by atoms with Crippen LogP contribution in [0.15, 0.2) is 48.5 Å². The zero-order valence-electron chi connectivity index (χ0n) is 13.8. The molecule has 0 aliphatic carbocycles. The largest absolute Gasteiger partial charge is 0.484 e. The number of hydrogen-bond acceptors (Lipinski definition) is 5. The Morgan fingerprint density at radius 2 is 1.88 bits per heavy atom. The van der Waals surface area contributed by atoms with Crippen LogP contribution in [-0.4, -0.2) is 27.7 Å². The topological polar surface area (TPSA) is 106 Å². The number of hydrogen-bond donors (Lipinski definition) is 3. The minimum absolute atomic E-state index is 0.128. The molecule has 1 amide bonds. The number of nitrogens with two attached hydrogens (primary N) is 1. The Kier molecular flexibility index (Phi) is 4.94. The molecule has 2 aromatic carbocycles. The molecule has 4 N–H and O–H groups in total. The van der Waals surface area contributed by atoms with Crippen LogP contribution < -0.4 is 15.8 Å². The second-order valence-electron chi connectivity index (χ2n) is 5.63. The van der Waals surface area contributed by atoms with Crippen LogP contribution in [0.3, 0.4) is 0 Å². The number of aryl methyl sites for hydroxylation is 1. The van der Waals surface area contributed by atoms with Crippen LogP contribution in [0.1, 0.15) is 11.1 Å². The zero-order valence-corrected chi connectivity index (χ0v) is 13.8. The number of aromatic nitrogens is 3. The van der Waals surface area contributed by atoms with Gasteiger partial charge >= 0.3 is 0 Å². The fourth-order valence-corrected chi connectivity index (χ4v) is 2.22. The minimum Gasteiger partial charge on any atom is -0.484 e. The molecule has 0 atom stereocenters. The Bertz CT molecular complexity index is 841. The molecule has 0 fully saturated rings. The van der Waals surface area contributed by atoms with Crippen LogP contribution in [0, 0.1) is 6.92 Å². The fraction of sp³-hybridized carbons (Fsp3) is 0.167. The first-order chi connectivity index (χ1) is 12.1. The average Bonchev–Trinajstić information content (AvgIpc) is 3.08. The van der Waals surface area contributed by atoms with Crippen molar-refractivity contribution < 1.29 is 9.53 Å². The van der Waals surface area contributed by atoms with Gasteiger partial charge in [-0.15, -0.1) is 5.10 Å². The van der Waals surface area contributed by atoms with Crippen molar-refractivity contribution in [1.29, 1.82) is 0 Å². The number of carbonyl (C=O) groups excluding carboxylic acids is 1. The van der Waals surface area contributed by atoms with E-state index in [4.69, 9.17) is 10.5 Å². The van der Waals surface area contributed by atoms with Crippen molar-refractivity contribution in [2.24, 2.45) is 5.73 Å². The molecule has 0 aliphatic heterocycles. The molecule has 0 spiro atoms. The molecule has 1 heterocycles. The zero-order chi connectivity index (χ0) is 17.6. The average molecular weight is 337 g/mol. The molecule has 0 saturated heterocycles. The van der Waals surface area contributed by atoms with Crippen LogP contribution in [0.2, 0.25) is 0 Å². The highest BCUT2D eigenvalue weighted by atomic mass is 16.5. The van der Waals surface area contributed by atoms with E-state index in [1.807, 2.05) is 43.3 Å². The number of H-pyrrole nitrogens is 1. The number of nitrogens with zero attached hydrogens (tertiary/aromatic N) is 2. The van der Waals surface area contributed by atoms with Gasteiger partial charge in [-0.2, -0.15) is 4.98 Å². The number of rotatable bonds is 7. The number of amides is 1.